The Morgan fingerprint density at radius 3 is 2.65 bits per heavy atom. The van der Waals surface area contributed by atoms with E-state index in [-0.39, 0.29) is 22.3 Å². The van der Waals surface area contributed by atoms with Gasteiger partial charge in [0.2, 0.25) is 5.43 Å². The van der Waals surface area contributed by atoms with Crippen LogP contribution in [0.15, 0.2) is 33.9 Å². The number of benzene rings is 1. The molecule has 0 saturated carbocycles. The van der Waals surface area contributed by atoms with Crippen LogP contribution in [0.3, 0.4) is 0 Å². The molecule has 0 radical (unpaired) electrons. The van der Waals surface area contributed by atoms with E-state index in [1.807, 2.05) is 32.0 Å². The number of unbranched alkanes of at least 4 members (excludes halogenated alkanes) is 1. The summed E-state index contributed by atoms with van der Waals surface area (Å²) in [7, 11) is 0. The summed E-state index contributed by atoms with van der Waals surface area (Å²) in [4.78, 5) is 31.0. The molecule has 1 aromatic carbocycles. The number of rotatable bonds is 4. The molecule has 0 aliphatic carbocycles. The van der Waals surface area contributed by atoms with Crippen LogP contribution in [-0.4, -0.2) is 9.55 Å². The maximum atomic E-state index is 13.0. The van der Waals surface area contributed by atoms with Crippen molar-refractivity contribution in [3.05, 3.63) is 50.7 Å². The molecule has 0 aliphatic heterocycles. The van der Waals surface area contributed by atoms with Gasteiger partial charge in [0, 0.05) is 22.5 Å². The molecular weight excluding hydrogens is 308 g/mol. The standard InChI is InChI=1S/C18H20N2O2S/c1-4-5-10-20-16(11(2)3)19-17-14(18(20)22)15(21)12-8-6-7-9-13(12)23-17/h6-9,11H,4-5,10H2,1-3H3. The Hall–Kier alpha value is -2.01. The number of hydrogen-bond acceptors (Lipinski definition) is 4. The third-order valence-corrected chi connectivity index (χ3v) is 5.05. The van der Waals surface area contributed by atoms with E-state index in [9.17, 15) is 9.59 Å². The van der Waals surface area contributed by atoms with Crippen LogP contribution in [-0.2, 0) is 6.54 Å². The van der Waals surface area contributed by atoms with Crippen molar-refractivity contribution in [2.75, 3.05) is 0 Å². The van der Waals surface area contributed by atoms with E-state index in [1.54, 1.807) is 10.6 Å². The smallest absolute Gasteiger partial charge is 0.266 e. The van der Waals surface area contributed by atoms with Gasteiger partial charge in [0.1, 0.15) is 16.0 Å². The molecule has 0 aliphatic rings. The molecule has 0 unspecified atom stereocenters. The number of aromatic nitrogens is 2. The van der Waals surface area contributed by atoms with Gasteiger partial charge in [0.25, 0.3) is 5.56 Å². The summed E-state index contributed by atoms with van der Waals surface area (Å²) < 4.78 is 2.57. The number of hydrogen-bond donors (Lipinski definition) is 0. The predicted molar refractivity (Wildman–Crippen MR) is 96.7 cm³/mol. The van der Waals surface area contributed by atoms with Crippen molar-refractivity contribution in [1.29, 1.82) is 0 Å². The van der Waals surface area contributed by atoms with E-state index in [2.05, 4.69) is 11.9 Å². The number of nitrogens with zero attached hydrogens (tertiary/aromatic N) is 2. The monoisotopic (exact) mass is 328 g/mol. The number of fused-ring (bicyclic) bond motifs is 2. The quantitative estimate of drug-likeness (QED) is 0.683. The third-order valence-electron chi connectivity index (χ3n) is 3.98. The van der Waals surface area contributed by atoms with Crippen molar-refractivity contribution >= 4 is 31.6 Å². The average molecular weight is 328 g/mol. The highest BCUT2D eigenvalue weighted by atomic mass is 32.1. The summed E-state index contributed by atoms with van der Waals surface area (Å²) in [5.74, 6) is 0.902. The first-order valence-electron chi connectivity index (χ1n) is 8.00. The molecule has 3 rings (SSSR count). The van der Waals surface area contributed by atoms with Gasteiger partial charge in [-0.05, 0) is 18.6 Å². The minimum Gasteiger partial charge on any atom is -0.296 e. The zero-order valence-corrected chi connectivity index (χ0v) is 14.4. The van der Waals surface area contributed by atoms with Gasteiger partial charge in [-0.2, -0.15) is 0 Å². The van der Waals surface area contributed by atoms with E-state index < -0.39 is 0 Å². The first-order chi connectivity index (χ1) is 11.0. The van der Waals surface area contributed by atoms with Gasteiger partial charge in [-0.15, -0.1) is 11.3 Å². The topological polar surface area (TPSA) is 52.0 Å². The third kappa shape index (κ3) is 2.70. The van der Waals surface area contributed by atoms with Crippen molar-refractivity contribution < 1.29 is 0 Å². The lowest BCUT2D eigenvalue weighted by atomic mass is 10.1. The molecule has 2 aromatic heterocycles. The molecule has 0 bridgehead atoms. The normalized spacial score (nSPS) is 11.7. The molecule has 120 valence electrons. The molecule has 0 spiro atoms. The second-order valence-corrected chi connectivity index (χ2v) is 7.07. The Kier molecular flexibility index (Phi) is 4.31. The van der Waals surface area contributed by atoms with Crippen LogP contribution >= 0.6 is 11.3 Å². The fraction of sp³-hybridized carbons (Fsp3) is 0.389. The second-order valence-electron chi connectivity index (χ2n) is 6.04. The lowest BCUT2D eigenvalue weighted by Gasteiger charge is -2.15. The Balaban J connectivity index is 2.44. The van der Waals surface area contributed by atoms with Crippen LogP contribution in [0.5, 0.6) is 0 Å². The molecule has 0 N–H and O–H groups in total. The lowest BCUT2D eigenvalue weighted by molar-refractivity contribution is 0.557. The van der Waals surface area contributed by atoms with Crippen LogP contribution in [0.25, 0.3) is 20.3 Å². The summed E-state index contributed by atoms with van der Waals surface area (Å²) in [6, 6.07) is 7.41. The molecule has 3 aromatic rings. The van der Waals surface area contributed by atoms with Crippen LogP contribution in [0.4, 0.5) is 0 Å². The molecule has 0 amide bonds. The van der Waals surface area contributed by atoms with Gasteiger partial charge >= 0.3 is 0 Å². The van der Waals surface area contributed by atoms with Crippen LogP contribution in [0.1, 0.15) is 45.4 Å². The highest BCUT2D eigenvalue weighted by Crippen LogP contribution is 2.23. The minimum absolute atomic E-state index is 0.137. The van der Waals surface area contributed by atoms with Crippen molar-refractivity contribution in [3.63, 3.8) is 0 Å². The van der Waals surface area contributed by atoms with Crippen molar-refractivity contribution in [2.45, 2.75) is 46.1 Å². The Morgan fingerprint density at radius 2 is 1.96 bits per heavy atom. The maximum absolute atomic E-state index is 13.0. The van der Waals surface area contributed by atoms with Crippen LogP contribution in [0.2, 0.25) is 0 Å². The van der Waals surface area contributed by atoms with Crippen LogP contribution < -0.4 is 11.0 Å². The Morgan fingerprint density at radius 1 is 1.22 bits per heavy atom. The van der Waals surface area contributed by atoms with E-state index in [4.69, 9.17) is 0 Å². The van der Waals surface area contributed by atoms with Gasteiger partial charge in [-0.3, -0.25) is 14.2 Å². The predicted octanol–water partition coefficient (Wildman–Crippen LogP) is 3.89. The van der Waals surface area contributed by atoms with Gasteiger partial charge in [-0.1, -0.05) is 39.3 Å². The van der Waals surface area contributed by atoms with E-state index in [1.165, 1.54) is 11.3 Å². The molecule has 0 atom stereocenters. The van der Waals surface area contributed by atoms with Gasteiger partial charge in [0.05, 0.1) is 0 Å². The van der Waals surface area contributed by atoms with Crippen LogP contribution in [0, 0.1) is 0 Å². The molecule has 5 heteroatoms. The highest BCUT2D eigenvalue weighted by Gasteiger charge is 2.17. The molecule has 0 saturated heterocycles. The summed E-state index contributed by atoms with van der Waals surface area (Å²) in [6.07, 6.45) is 1.89. The van der Waals surface area contributed by atoms with Gasteiger partial charge in [0.15, 0.2) is 0 Å². The van der Waals surface area contributed by atoms with Crippen molar-refractivity contribution in [2.24, 2.45) is 0 Å². The fourth-order valence-electron chi connectivity index (χ4n) is 2.77. The molecule has 4 nitrogen and oxygen atoms in total. The average Bonchev–Trinajstić information content (AvgIpc) is 2.53. The summed E-state index contributed by atoms with van der Waals surface area (Å²) in [5, 5.41) is 0.831. The minimum atomic E-state index is -0.201. The zero-order chi connectivity index (χ0) is 16.6. The van der Waals surface area contributed by atoms with Gasteiger partial charge < -0.3 is 0 Å². The summed E-state index contributed by atoms with van der Waals surface area (Å²) >= 11 is 1.42. The molecule has 23 heavy (non-hydrogen) atoms. The molecular formula is C18H20N2O2S. The Labute approximate surface area is 138 Å². The molecule has 2 heterocycles. The zero-order valence-electron chi connectivity index (χ0n) is 13.6. The van der Waals surface area contributed by atoms with E-state index >= 15 is 0 Å². The van der Waals surface area contributed by atoms with E-state index in [0.717, 1.165) is 23.4 Å². The first-order valence-corrected chi connectivity index (χ1v) is 8.82. The fourth-order valence-corrected chi connectivity index (χ4v) is 3.82. The van der Waals surface area contributed by atoms with Gasteiger partial charge in [-0.25, -0.2) is 4.98 Å². The summed E-state index contributed by atoms with van der Waals surface area (Å²) in [5.41, 5.74) is -0.397. The van der Waals surface area contributed by atoms with Crippen molar-refractivity contribution in [1.82, 2.24) is 9.55 Å². The Bertz CT molecular complexity index is 986. The second kappa shape index (κ2) is 6.24. The molecule has 0 fully saturated rings. The van der Waals surface area contributed by atoms with E-state index in [0.29, 0.717) is 16.8 Å². The highest BCUT2D eigenvalue weighted by molar-refractivity contribution is 7.24. The first kappa shape index (κ1) is 15.9. The largest absolute Gasteiger partial charge is 0.296 e. The SMILES string of the molecule is CCCCn1c(C(C)C)nc2sc3ccccc3c(=O)c2c1=O. The van der Waals surface area contributed by atoms with Crippen molar-refractivity contribution in [3.8, 4) is 0 Å². The maximum Gasteiger partial charge on any atom is 0.266 e. The lowest BCUT2D eigenvalue weighted by Crippen LogP contribution is -2.29. The summed E-state index contributed by atoms with van der Waals surface area (Å²) in [6.45, 7) is 6.76.